The number of hydrogen-bond acceptors (Lipinski definition) is 2. The molecule has 0 aliphatic heterocycles. The second-order valence-corrected chi connectivity index (χ2v) is 6.03. The minimum Gasteiger partial charge on any atom is -0.329 e. The predicted octanol–water partition coefficient (Wildman–Crippen LogP) is 4.36. The van der Waals surface area contributed by atoms with Crippen molar-refractivity contribution in [3.05, 3.63) is 71.4 Å². The molecular formula is C21H20N2O. The molecule has 1 N–H and O–H groups in total. The molecule has 2 aromatic carbocycles. The molecule has 3 heteroatoms. The van der Waals surface area contributed by atoms with E-state index in [2.05, 4.69) is 47.8 Å². The van der Waals surface area contributed by atoms with Crippen LogP contribution in [0.4, 0.5) is 0 Å². The van der Waals surface area contributed by atoms with E-state index in [1.807, 2.05) is 18.2 Å². The fourth-order valence-corrected chi connectivity index (χ4v) is 2.99. The summed E-state index contributed by atoms with van der Waals surface area (Å²) in [6, 6.07) is 20.8. The first-order valence-electron chi connectivity index (χ1n) is 8.32. The molecule has 0 heterocycles. The van der Waals surface area contributed by atoms with E-state index in [0.29, 0.717) is 12.8 Å². The number of allylic oxidation sites excluding steroid dienone is 2. The molecule has 0 radical (unpaired) electrons. The van der Waals surface area contributed by atoms with Crippen LogP contribution < -0.4 is 5.32 Å². The van der Waals surface area contributed by atoms with Gasteiger partial charge in [0, 0.05) is 17.7 Å². The van der Waals surface area contributed by atoms with Crippen molar-refractivity contribution >= 4 is 5.91 Å². The van der Waals surface area contributed by atoms with Crippen molar-refractivity contribution in [1.82, 2.24) is 5.32 Å². The maximum absolute atomic E-state index is 12.1. The third-order valence-electron chi connectivity index (χ3n) is 4.34. The van der Waals surface area contributed by atoms with Gasteiger partial charge in [-0.15, -0.1) is 0 Å². The Hall–Kier alpha value is -2.86. The molecule has 3 rings (SSSR count). The van der Waals surface area contributed by atoms with Crippen molar-refractivity contribution in [2.45, 2.75) is 32.1 Å². The summed E-state index contributed by atoms with van der Waals surface area (Å²) >= 11 is 0. The highest BCUT2D eigenvalue weighted by Gasteiger charge is 2.16. The van der Waals surface area contributed by atoms with Crippen LogP contribution in [0.25, 0.3) is 11.1 Å². The first kappa shape index (κ1) is 16.0. The number of amides is 1. The van der Waals surface area contributed by atoms with Gasteiger partial charge in [0.15, 0.2) is 0 Å². The van der Waals surface area contributed by atoms with E-state index < -0.39 is 0 Å². The van der Waals surface area contributed by atoms with Crippen LogP contribution in [-0.4, -0.2) is 5.91 Å². The number of benzene rings is 2. The van der Waals surface area contributed by atoms with Crippen LogP contribution in [0.3, 0.4) is 0 Å². The van der Waals surface area contributed by atoms with E-state index in [4.69, 9.17) is 5.26 Å². The highest BCUT2D eigenvalue weighted by molar-refractivity contribution is 5.78. The molecule has 0 fully saturated rings. The number of hydrogen-bond donors (Lipinski definition) is 1. The van der Waals surface area contributed by atoms with Gasteiger partial charge in [0.2, 0.25) is 5.91 Å². The highest BCUT2D eigenvalue weighted by Crippen LogP contribution is 2.23. The van der Waals surface area contributed by atoms with Crippen molar-refractivity contribution in [2.24, 2.45) is 0 Å². The van der Waals surface area contributed by atoms with E-state index in [0.717, 1.165) is 36.1 Å². The first-order chi connectivity index (χ1) is 11.8. The Morgan fingerprint density at radius 3 is 2.42 bits per heavy atom. The van der Waals surface area contributed by atoms with Gasteiger partial charge >= 0.3 is 0 Å². The third-order valence-corrected chi connectivity index (χ3v) is 4.34. The van der Waals surface area contributed by atoms with E-state index in [1.165, 1.54) is 11.1 Å². The van der Waals surface area contributed by atoms with Gasteiger partial charge in [-0.3, -0.25) is 4.79 Å². The molecule has 0 bridgehead atoms. The smallest absolute Gasteiger partial charge is 0.224 e. The minimum atomic E-state index is -0.00761. The van der Waals surface area contributed by atoms with Gasteiger partial charge < -0.3 is 5.32 Å². The number of rotatable bonds is 5. The van der Waals surface area contributed by atoms with Gasteiger partial charge in [-0.25, -0.2) is 0 Å². The number of nitrogens with zero attached hydrogens (tertiary/aromatic N) is 1. The van der Waals surface area contributed by atoms with E-state index >= 15 is 0 Å². The van der Waals surface area contributed by atoms with E-state index in [1.54, 1.807) is 0 Å². The second-order valence-electron chi connectivity index (χ2n) is 6.03. The molecule has 0 unspecified atom stereocenters. The van der Waals surface area contributed by atoms with Crippen LogP contribution in [0.1, 0.15) is 31.2 Å². The molecule has 0 aromatic heterocycles. The molecule has 0 atom stereocenters. The van der Waals surface area contributed by atoms with Crippen molar-refractivity contribution < 1.29 is 4.79 Å². The zero-order chi connectivity index (χ0) is 16.8. The molecule has 120 valence electrons. The molecule has 0 saturated heterocycles. The normalized spacial score (nSPS) is 13.6. The van der Waals surface area contributed by atoms with Crippen LogP contribution in [-0.2, 0) is 11.2 Å². The molecule has 24 heavy (non-hydrogen) atoms. The zero-order valence-electron chi connectivity index (χ0n) is 13.6. The summed E-state index contributed by atoms with van der Waals surface area (Å²) in [5.41, 5.74) is 5.07. The fourth-order valence-electron chi connectivity index (χ4n) is 2.99. The molecule has 0 spiro atoms. The van der Waals surface area contributed by atoms with Gasteiger partial charge in [-0.2, -0.15) is 5.26 Å². The lowest BCUT2D eigenvalue weighted by Crippen LogP contribution is -2.22. The molecule has 3 nitrogen and oxygen atoms in total. The highest BCUT2D eigenvalue weighted by atomic mass is 16.1. The topological polar surface area (TPSA) is 52.9 Å². The Morgan fingerprint density at radius 1 is 1.00 bits per heavy atom. The van der Waals surface area contributed by atoms with Crippen molar-refractivity contribution in [3.63, 3.8) is 0 Å². The van der Waals surface area contributed by atoms with Gasteiger partial charge in [0.1, 0.15) is 0 Å². The maximum Gasteiger partial charge on any atom is 0.224 e. The van der Waals surface area contributed by atoms with Gasteiger partial charge in [-0.1, -0.05) is 54.6 Å². The Labute approximate surface area is 142 Å². The average molecular weight is 316 g/mol. The summed E-state index contributed by atoms with van der Waals surface area (Å²) in [5, 5.41) is 11.9. The average Bonchev–Trinajstić information content (AvgIpc) is 3.08. The van der Waals surface area contributed by atoms with Crippen LogP contribution in [0.5, 0.6) is 0 Å². The number of nitriles is 1. The molecule has 0 saturated carbocycles. The van der Waals surface area contributed by atoms with Crippen molar-refractivity contribution in [3.8, 4) is 17.2 Å². The Balaban J connectivity index is 1.55. The van der Waals surface area contributed by atoms with Gasteiger partial charge in [0.25, 0.3) is 0 Å². The lowest BCUT2D eigenvalue weighted by molar-refractivity contribution is -0.120. The fraction of sp³-hybridized carbons (Fsp3) is 0.238. The predicted molar refractivity (Wildman–Crippen MR) is 94.8 cm³/mol. The second kappa shape index (κ2) is 7.61. The molecule has 1 amide bonds. The third kappa shape index (κ3) is 3.91. The van der Waals surface area contributed by atoms with Crippen LogP contribution in [0.15, 0.2) is 65.9 Å². The quantitative estimate of drug-likeness (QED) is 0.891. The number of aryl methyl sites for hydroxylation is 1. The van der Waals surface area contributed by atoms with Gasteiger partial charge in [-0.05, 0) is 42.4 Å². The first-order valence-corrected chi connectivity index (χ1v) is 8.32. The largest absolute Gasteiger partial charge is 0.329 e. The zero-order valence-corrected chi connectivity index (χ0v) is 13.6. The van der Waals surface area contributed by atoms with Crippen molar-refractivity contribution in [1.29, 1.82) is 5.26 Å². The number of nitrogens with one attached hydrogen (secondary N) is 1. The molecular weight excluding hydrogens is 296 g/mol. The summed E-state index contributed by atoms with van der Waals surface area (Å²) in [4.78, 5) is 12.1. The standard InChI is InChI=1S/C21H20N2O/c22-15-19-7-4-8-20(19)23-21(24)14-11-16-9-12-18(13-10-16)17-5-2-1-3-6-17/h1-3,5-6,9-10,12-13H,4,7-8,11,14H2,(H,23,24). The summed E-state index contributed by atoms with van der Waals surface area (Å²) in [6.07, 6.45) is 3.69. The number of carbonyl (C=O) groups excluding carboxylic acids is 1. The Bertz CT molecular complexity index is 783. The molecule has 1 aliphatic rings. The van der Waals surface area contributed by atoms with Crippen LogP contribution in [0, 0.1) is 11.3 Å². The maximum atomic E-state index is 12.1. The lowest BCUT2D eigenvalue weighted by atomic mass is 10.0. The van der Waals surface area contributed by atoms with E-state index in [9.17, 15) is 4.79 Å². The van der Waals surface area contributed by atoms with Crippen LogP contribution in [0.2, 0.25) is 0 Å². The van der Waals surface area contributed by atoms with Crippen LogP contribution >= 0.6 is 0 Å². The lowest BCUT2D eigenvalue weighted by Gasteiger charge is -2.07. The Morgan fingerprint density at radius 2 is 1.71 bits per heavy atom. The summed E-state index contributed by atoms with van der Waals surface area (Å²) in [7, 11) is 0. The van der Waals surface area contributed by atoms with Crippen molar-refractivity contribution in [2.75, 3.05) is 0 Å². The SMILES string of the molecule is N#CC1=C(NC(=O)CCc2ccc(-c3ccccc3)cc2)CCC1. The minimum absolute atomic E-state index is 0.00761. The summed E-state index contributed by atoms with van der Waals surface area (Å²) < 4.78 is 0. The Kier molecular flexibility index (Phi) is 5.08. The number of carbonyl (C=O) groups is 1. The molecule has 2 aromatic rings. The van der Waals surface area contributed by atoms with E-state index in [-0.39, 0.29) is 5.91 Å². The monoisotopic (exact) mass is 316 g/mol. The summed E-state index contributed by atoms with van der Waals surface area (Å²) in [5.74, 6) is -0.00761. The van der Waals surface area contributed by atoms with Gasteiger partial charge in [0.05, 0.1) is 6.07 Å². The molecule has 1 aliphatic carbocycles. The summed E-state index contributed by atoms with van der Waals surface area (Å²) in [6.45, 7) is 0.